The Bertz CT molecular complexity index is 636. The van der Waals surface area contributed by atoms with Crippen molar-refractivity contribution in [2.45, 2.75) is 38.5 Å². The third kappa shape index (κ3) is 2.96. The molecular formula is C15H22N2O3S. The smallest absolute Gasteiger partial charge is 0.243 e. The minimum absolute atomic E-state index is 0.00435. The molecular weight excluding hydrogens is 288 g/mol. The quantitative estimate of drug-likeness (QED) is 0.855. The summed E-state index contributed by atoms with van der Waals surface area (Å²) in [5.41, 5.74) is 1.77. The normalized spacial score (nSPS) is 15.1. The second-order valence-electron chi connectivity index (χ2n) is 5.15. The Morgan fingerprint density at radius 2 is 1.95 bits per heavy atom. The van der Waals surface area contributed by atoms with E-state index in [1.165, 1.54) is 11.2 Å². The molecule has 1 aromatic carbocycles. The maximum absolute atomic E-state index is 12.5. The van der Waals surface area contributed by atoms with Gasteiger partial charge in [-0.3, -0.25) is 4.79 Å². The molecule has 0 unspecified atom stereocenters. The molecule has 0 aromatic heterocycles. The van der Waals surface area contributed by atoms with E-state index in [1.807, 2.05) is 13.8 Å². The van der Waals surface area contributed by atoms with Crippen molar-refractivity contribution < 1.29 is 13.2 Å². The van der Waals surface area contributed by atoms with E-state index in [0.717, 1.165) is 24.1 Å². The molecule has 0 N–H and O–H groups in total. The molecule has 6 heteroatoms. The van der Waals surface area contributed by atoms with Crippen LogP contribution in [0.15, 0.2) is 23.1 Å². The van der Waals surface area contributed by atoms with Gasteiger partial charge in [0.15, 0.2) is 0 Å². The molecule has 0 bridgehead atoms. The maximum atomic E-state index is 12.5. The number of rotatable bonds is 4. The van der Waals surface area contributed by atoms with Gasteiger partial charge in [-0.25, -0.2) is 8.42 Å². The van der Waals surface area contributed by atoms with Gasteiger partial charge in [0.05, 0.1) is 4.90 Å². The zero-order valence-electron chi connectivity index (χ0n) is 12.8. The van der Waals surface area contributed by atoms with Crippen molar-refractivity contribution in [1.82, 2.24) is 4.31 Å². The molecule has 1 amide bonds. The van der Waals surface area contributed by atoms with Crippen molar-refractivity contribution in [3.63, 3.8) is 0 Å². The zero-order chi connectivity index (χ0) is 15.6. The minimum atomic E-state index is -3.44. The van der Waals surface area contributed by atoms with Gasteiger partial charge in [0.25, 0.3) is 0 Å². The summed E-state index contributed by atoms with van der Waals surface area (Å²) >= 11 is 0. The van der Waals surface area contributed by atoms with Gasteiger partial charge in [0.1, 0.15) is 0 Å². The fourth-order valence-electron chi connectivity index (χ4n) is 2.77. The van der Waals surface area contributed by atoms with E-state index < -0.39 is 10.0 Å². The summed E-state index contributed by atoms with van der Waals surface area (Å²) in [5, 5.41) is 0. The predicted octanol–water partition coefficient (Wildman–Crippen LogP) is 2.02. The lowest BCUT2D eigenvalue weighted by Crippen LogP contribution is -2.34. The third-order valence-electron chi connectivity index (χ3n) is 3.89. The van der Waals surface area contributed by atoms with Crippen molar-refractivity contribution in [1.29, 1.82) is 0 Å². The van der Waals surface area contributed by atoms with E-state index in [-0.39, 0.29) is 5.91 Å². The fraction of sp³-hybridized carbons (Fsp3) is 0.533. The number of aryl methyl sites for hydroxylation is 1. The highest BCUT2D eigenvalue weighted by Crippen LogP contribution is 2.30. The summed E-state index contributed by atoms with van der Waals surface area (Å²) in [6.07, 6.45) is 1.67. The van der Waals surface area contributed by atoms with Crippen LogP contribution in [0.2, 0.25) is 0 Å². The molecule has 1 aromatic rings. The maximum Gasteiger partial charge on any atom is 0.243 e. The zero-order valence-corrected chi connectivity index (χ0v) is 13.6. The van der Waals surface area contributed by atoms with Crippen LogP contribution in [-0.4, -0.2) is 38.3 Å². The van der Waals surface area contributed by atoms with Gasteiger partial charge in [-0.1, -0.05) is 13.8 Å². The van der Waals surface area contributed by atoms with Crippen LogP contribution in [0.5, 0.6) is 0 Å². The van der Waals surface area contributed by atoms with Gasteiger partial charge < -0.3 is 4.90 Å². The summed E-state index contributed by atoms with van der Waals surface area (Å²) in [6.45, 7) is 6.80. The summed E-state index contributed by atoms with van der Waals surface area (Å²) < 4.78 is 26.5. The van der Waals surface area contributed by atoms with E-state index in [9.17, 15) is 13.2 Å². The van der Waals surface area contributed by atoms with E-state index in [0.29, 0.717) is 24.5 Å². The molecule has 0 radical (unpaired) electrons. The number of amides is 1. The van der Waals surface area contributed by atoms with Crippen molar-refractivity contribution in [2.24, 2.45) is 0 Å². The van der Waals surface area contributed by atoms with Gasteiger partial charge in [-0.2, -0.15) is 4.31 Å². The lowest BCUT2D eigenvalue weighted by atomic mass is 10.0. The van der Waals surface area contributed by atoms with Crippen LogP contribution < -0.4 is 4.90 Å². The van der Waals surface area contributed by atoms with Crippen LogP contribution in [0.3, 0.4) is 0 Å². The lowest BCUT2D eigenvalue weighted by molar-refractivity contribution is -0.116. The Morgan fingerprint density at radius 1 is 1.29 bits per heavy atom. The van der Waals surface area contributed by atoms with Gasteiger partial charge in [0.2, 0.25) is 15.9 Å². The average molecular weight is 310 g/mol. The SMILES string of the molecule is CCN(CC)S(=O)(=O)c1ccc2c(c1)CCCN2C(C)=O. The number of nitrogens with zero attached hydrogens (tertiary/aromatic N) is 2. The number of hydrogen-bond donors (Lipinski definition) is 0. The predicted molar refractivity (Wildman–Crippen MR) is 82.9 cm³/mol. The summed E-state index contributed by atoms with van der Waals surface area (Å²) in [7, 11) is -3.44. The van der Waals surface area contributed by atoms with Crippen molar-refractivity contribution in [3.05, 3.63) is 23.8 Å². The van der Waals surface area contributed by atoms with Crippen LogP contribution in [0.4, 0.5) is 5.69 Å². The standard InChI is InChI=1S/C15H22N2O3S/c1-4-16(5-2)21(19,20)14-8-9-15-13(11-14)7-6-10-17(15)12(3)18/h8-9,11H,4-7,10H2,1-3H3. The van der Waals surface area contributed by atoms with E-state index >= 15 is 0 Å². The number of hydrogen-bond acceptors (Lipinski definition) is 3. The van der Waals surface area contributed by atoms with Gasteiger partial charge in [-0.15, -0.1) is 0 Å². The highest BCUT2D eigenvalue weighted by atomic mass is 32.2. The first-order valence-electron chi connectivity index (χ1n) is 7.33. The molecule has 116 valence electrons. The van der Waals surface area contributed by atoms with Crippen LogP contribution >= 0.6 is 0 Å². The van der Waals surface area contributed by atoms with Gasteiger partial charge >= 0.3 is 0 Å². The molecule has 0 saturated heterocycles. The first kappa shape index (κ1) is 16.0. The van der Waals surface area contributed by atoms with Gasteiger partial charge in [0, 0.05) is 32.2 Å². The average Bonchev–Trinajstić information content (AvgIpc) is 2.46. The fourth-order valence-corrected chi connectivity index (χ4v) is 4.28. The highest BCUT2D eigenvalue weighted by molar-refractivity contribution is 7.89. The van der Waals surface area contributed by atoms with Gasteiger partial charge in [-0.05, 0) is 36.6 Å². The largest absolute Gasteiger partial charge is 0.312 e. The monoisotopic (exact) mass is 310 g/mol. The number of anilines is 1. The second-order valence-corrected chi connectivity index (χ2v) is 7.09. The molecule has 21 heavy (non-hydrogen) atoms. The number of fused-ring (bicyclic) bond motifs is 1. The minimum Gasteiger partial charge on any atom is -0.312 e. The van der Waals surface area contributed by atoms with Crippen LogP contribution in [-0.2, 0) is 21.2 Å². The van der Waals surface area contributed by atoms with Crippen molar-refractivity contribution in [2.75, 3.05) is 24.5 Å². The number of carbonyl (C=O) groups is 1. The number of benzene rings is 1. The topological polar surface area (TPSA) is 57.7 Å². The Hall–Kier alpha value is -1.40. The van der Waals surface area contributed by atoms with Crippen LogP contribution in [0.1, 0.15) is 32.8 Å². The Morgan fingerprint density at radius 3 is 2.52 bits per heavy atom. The van der Waals surface area contributed by atoms with E-state index in [2.05, 4.69) is 0 Å². The molecule has 0 saturated carbocycles. The third-order valence-corrected chi connectivity index (χ3v) is 5.94. The summed E-state index contributed by atoms with van der Waals surface area (Å²) in [5.74, 6) is -0.00435. The molecule has 1 heterocycles. The molecule has 0 atom stereocenters. The van der Waals surface area contributed by atoms with E-state index in [4.69, 9.17) is 0 Å². The highest BCUT2D eigenvalue weighted by Gasteiger charge is 2.25. The van der Waals surface area contributed by atoms with Crippen LogP contribution in [0.25, 0.3) is 0 Å². The van der Waals surface area contributed by atoms with Crippen molar-refractivity contribution in [3.8, 4) is 0 Å². The molecule has 1 aliphatic rings. The summed E-state index contributed by atoms with van der Waals surface area (Å²) in [6, 6.07) is 5.08. The molecule has 1 aliphatic heterocycles. The first-order chi connectivity index (χ1) is 9.91. The Labute approximate surface area is 126 Å². The molecule has 0 aliphatic carbocycles. The Balaban J connectivity index is 2.44. The lowest BCUT2D eigenvalue weighted by Gasteiger charge is -2.29. The molecule has 0 spiro atoms. The van der Waals surface area contributed by atoms with E-state index in [1.54, 1.807) is 23.1 Å². The summed E-state index contributed by atoms with van der Waals surface area (Å²) in [4.78, 5) is 13.7. The van der Waals surface area contributed by atoms with Crippen LogP contribution in [0, 0.1) is 0 Å². The molecule has 2 rings (SSSR count). The van der Waals surface area contributed by atoms with Crippen molar-refractivity contribution >= 4 is 21.6 Å². The number of carbonyl (C=O) groups excluding carboxylic acids is 1. The first-order valence-corrected chi connectivity index (χ1v) is 8.77. The number of sulfonamides is 1. The second kappa shape index (κ2) is 6.15. The Kier molecular flexibility index (Phi) is 4.68. The molecule has 0 fully saturated rings. The molecule has 5 nitrogen and oxygen atoms in total.